The highest BCUT2D eigenvalue weighted by Gasteiger charge is 2.27. The molecule has 3 atom stereocenters. The topological polar surface area (TPSA) is 105 Å². The van der Waals surface area contributed by atoms with Crippen LogP contribution in [0.25, 0.3) is 0 Å². The van der Waals surface area contributed by atoms with E-state index in [0.717, 1.165) is 77.0 Å². The first kappa shape index (κ1) is 47.5. The minimum Gasteiger partial charge on any atom is -0.387 e. The summed E-state index contributed by atoms with van der Waals surface area (Å²) in [7, 11) is 1.55. The van der Waals surface area contributed by atoms with Gasteiger partial charge >= 0.3 is 7.82 Å². The lowest BCUT2D eigenvalue weighted by Gasteiger charge is -2.25. The van der Waals surface area contributed by atoms with Gasteiger partial charge in [0.15, 0.2) is 0 Å². The van der Waals surface area contributed by atoms with Crippen molar-refractivity contribution < 1.29 is 32.9 Å². The molecule has 9 heteroatoms. The number of aliphatic hydroxyl groups is 1. The summed E-state index contributed by atoms with van der Waals surface area (Å²) in [6.07, 6.45) is 38.8. The van der Waals surface area contributed by atoms with Crippen LogP contribution in [0.2, 0.25) is 0 Å². The van der Waals surface area contributed by atoms with Crippen molar-refractivity contribution in [3.05, 3.63) is 48.6 Å². The van der Waals surface area contributed by atoms with E-state index in [4.69, 9.17) is 9.05 Å². The van der Waals surface area contributed by atoms with Crippen molar-refractivity contribution in [1.82, 2.24) is 5.32 Å². The van der Waals surface area contributed by atoms with Crippen molar-refractivity contribution in [1.29, 1.82) is 0 Å². The SMILES string of the molecule is CC/C=C\C/C=C\C/C=C\CCCCCCCC(=O)N[C@@H](COP(=O)(O)OCC[N+](C)(C)C)[C@H](O)/C=C/CCCCCCCCCCCC. The molecule has 0 spiro atoms. The zero-order chi connectivity index (χ0) is 36.5. The Hall–Kier alpha value is -1.54. The van der Waals surface area contributed by atoms with Gasteiger partial charge in [0.2, 0.25) is 5.91 Å². The average Bonchev–Trinajstić information content (AvgIpc) is 3.04. The van der Waals surface area contributed by atoms with E-state index in [1.165, 1.54) is 51.4 Å². The first-order valence-electron chi connectivity index (χ1n) is 19.5. The summed E-state index contributed by atoms with van der Waals surface area (Å²) >= 11 is 0. The Morgan fingerprint density at radius 3 is 1.80 bits per heavy atom. The summed E-state index contributed by atoms with van der Waals surface area (Å²) in [4.78, 5) is 23.0. The molecule has 1 unspecified atom stereocenters. The zero-order valence-electron chi connectivity index (χ0n) is 32.2. The van der Waals surface area contributed by atoms with Crippen molar-refractivity contribution >= 4 is 13.7 Å². The van der Waals surface area contributed by atoms with Crippen LogP contribution in [0.4, 0.5) is 0 Å². The van der Waals surface area contributed by atoms with E-state index in [0.29, 0.717) is 17.4 Å². The molecule has 0 radical (unpaired) electrons. The van der Waals surface area contributed by atoms with Gasteiger partial charge in [-0.1, -0.05) is 140 Å². The zero-order valence-corrected chi connectivity index (χ0v) is 33.1. The van der Waals surface area contributed by atoms with Crippen molar-refractivity contribution in [2.45, 2.75) is 161 Å². The first-order valence-corrected chi connectivity index (χ1v) is 21.0. The number of nitrogens with one attached hydrogen (secondary N) is 1. The third kappa shape index (κ3) is 34.7. The molecule has 3 N–H and O–H groups in total. The fraction of sp³-hybridized carbons (Fsp3) is 0.775. The lowest BCUT2D eigenvalue weighted by molar-refractivity contribution is -0.870. The molecule has 0 aromatic heterocycles. The average molecular weight is 712 g/mol. The minimum atomic E-state index is -4.33. The van der Waals surface area contributed by atoms with Crippen LogP contribution in [0.3, 0.4) is 0 Å². The number of rotatable bonds is 34. The van der Waals surface area contributed by atoms with Crippen LogP contribution in [-0.2, 0) is 18.4 Å². The van der Waals surface area contributed by atoms with Crippen LogP contribution in [-0.4, -0.2) is 73.4 Å². The van der Waals surface area contributed by atoms with Crippen molar-refractivity contribution in [3.8, 4) is 0 Å². The van der Waals surface area contributed by atoms with Crippen LogP contribution in [0.1, 0.15) is 149 Å². The maximum atomic E-state index is 12.8. The molecule has 0 saturated heterocycles. The molecule has 1 amide bonds. The quantitative estimate of drug-likeness (QED) is 0.0266. The number of amides is 1. The third-order valence-corrected chi connectivity index (χ3v) is 9.29. The van der Waals surface area contributed by atoms with E-state index >= 15 is 0 Å². The van der Waals surface area contributed by atoms with Crippen molar-refractivity contribution in [3.63, 3.8) is 0 Å². The molecule has 0 fully saturated rings. The number of hydrogen-bond donors (Lipinski definition) is 3. The summed E-state index contributed by atoms with van der Waals surface area (Å²) in [5.74, 6) is -0.198. The van der Waals surface area contributed by atoms with Gasteiger partial charge in [0.1, 0.15) is 13.2 Å². The molecule has 0 saturated carbocycles. The number of unbranched alkanes of at least 4 members (excludes halogenated alkanes) is 15. The first-order chi connectivity index (χ1) is 23.5. The monoisotopic (exact) mass is 712 g/mol. The van der Waals surface area contributed by atoms with E-state index in [1.54, 1.807) is 6.08 Å². The van der Waals surface area contributed by atoms with Crippen LogP contribution in [0.5, 0.6) is 0 Å². The molecule has 0 rings (SSSR count). The standard InChI is InChI=1S/C40H75N2O6P/c1-6-8-10-12-14-16-18-20-21-22-24-26-28-30-32-34-40(44)41-38(37-48-49(45,46)47-36-35-42(3,4)5)39(43)33-31-29-27-25-23-19-17-15-13-11-9-7-2/h8,10,14,16,20-21,31,33,38-39,43H,6-7,9,11-13,15,17-19,22-30,32,34-37H2,1-5H3,(H-,41,44,45,46)/p+1/b10-8-,16-14-,21-20-,33-31+/t38-,39+/m0/s1. The van der Waals surface area contributed by atoms with Crippen LogP contribution in [0.15, 0.2) is 48.6 Å². The lowest BCUT2D eigenvalue weighted by Crippen LogP contribution is -2.45. The molecule has 49 heavy (non-hydrogen) atoms. The van der Waals surface area contributed by atoms with E-state index in [-0.39, 0.29) is 19.1 Å². The molecular formula is C40H76N2O6P+. The summed E-state index contributed by atoms with van der Waals surface area (Å²) in [6, 6.07) is -0.853. The van der Waals surface area contributed by atoms with Gasteiger partial charge in [0, 0.05) is 6.42 Å². The molecule has 0 aliphatic heterocycles. The maximum absolute atomic E-state index is 12.8. The normalized spacial score (nSPS) is 15.2. The highest BCUT2D eigenvalue weighted by molar-refractivity contribution is 7.47. The number of allylic oxidation sites excluding steroid dienone is 7. The number of carbonyl (C=O) groups is 1. The van der Waals surface area contributed by atoms with Gasteiger partial charge in [0.05, 0.1) is 39.9 Å². The lowest BCUT2D eigenvalue weighted by atomic mass is 10.1. The largest absolute Gasteiger partial charge is 0.472 e. The summed E-state index contributed by atoms with van der Waals surface area (Å²) in [5.41, 5.74) is 0. The fourth-order valence-electron chi connectivity index (χ4n) is 5.17. The molecule has 286 valence electrons. The predicted molar refractivity (Wildman–Crippen MR) is 207 cm³/mol. The minimum absolute atomic E-state index is 0.0560. The summed E-state index contributed by atoms with van der Waals surface area (Å²) in [5, 5.41) is 13.7. The molecule has 0 bridgehead atoms. The van der Waals surface area contributed by atoms with Crippen LogP contribution < -0.4 is 5.32 Å². The van der Waals surface area contributed by atoms with E-state index in [9.17, 15) is 19.4 Å². The second-order valence-electron chi connectivity index (χ2n) is 14.3. The number of phosphoric acid groups is 1. The number of hydrogen-bond acceptors (Lipinski definition) is 5. The number of quaternary nitrogens is 1. The Kier molecular flexibility index (Phi) is 31.4. The van der Waals surface area contributed by atoms with Gasteiger partial charge in [-0.05, 0) is 51.4 Å². The van der Waals surface area contributed by atoms with E-state index in [1.807, 2.05) is 27.2 Å². The smallest absolute Gasteiger partial charge is 0.387 e. The van der Waals surface area contributed by atoms with E-state index in [2.05, 4.69) is 55.6 Å². The fourth-order valence-corrected chi connectivity index (χ4v) is 5.91. The highest BCUT2D eigenvalue weighted by atomic mass is 31.2. The Morgan fingerprint density at radius 2 is 1.22 bits per heavy atom. The van der Waals surface area contributed by atoms with Gasteiger partial charge in [-0.3, -0.25) is 13.8 Å². The van der Waals surface area contributed by atoms with Gasteiger partial charge < -0.3 is 19.8 Å². The van der Waals surface area contributed by atoms with Gasteiger partial charge in [0.25, 0.3) is 0 Å². The van der Waals surface area contributed by atoms with Crippen LogP contribution in [0, 0.1) is 0 Å². The third-order valence-electron chi connectivity index (χ3n) is 8.30. The predicted octanol–water partition coefficient (Wildman–Crippen LogP) is 10.1. The second-order valence-corrected chi connectivity index (χ2v) is 15.7. The van der Waals surface area contributed by atoms with Gasteiger partial charge in [-0.15, -0.1) is 0 Å². The second kappa shape index (κ2) is 32.4. The summed E-state index contributed by atoms with van der Waals surface area (Å²) in [6.45, 7) is 4.65. The maximum Gasteiger partial charge on any atom is 0.472 e. The van der Waals surface area contributed by atoms with Crippen molar-refractivity contribution in [2.24, 2.45) is 0 Å². The summed E-state index contributed by atoms with van der Waals surface area (Å²) < 4.78 is 23.4. The number of aliphatic hydroxyl groups excluding tert-OH is 1. The number of carbonyl (C=O) groups excluding carboxylic acids is 1. The number of nitrogens with zero attached hydrogens (tertiary/aromatic N) is 1. The Morgan fingerprint density at radius 1 is 0.714 bits per heavy atom. The number of phosphoric ester groups is 1. The molecule has 0 aliphatic carbocycles. The molecule has 0 aromatic rings. The molecule has 0 aromatic carbocycles. The Bertz CT molecular complexity index is 944. The van der Waals surface area contributed by atoms with Crippen LogP contribution >= 0.6 is 7.82 Å². The van der Waals surface area contributed by atoms with Gasteiger partial charge in [-0.25, -0.2) is 4.57 Å². The Balaban J connectivity index is 4.56. The van der Waals surface area contributed by atoms with E-state index < -0.39 is 20.0 Å². The Labute approximate surface area is 301 Å². The molecule has 8 nitrogen and oxygen atoms in total. The highest BCUT2D eigenvalue weighted by Crippen LogP contribution is 2.43. The molecular weight excluding hydrogens is 635 g/mol. The number of likely N-dealkylation sites (N-methyl/N-ethyl adjacent to an activating group) is 1. The molecule has 0 heterocycles. The van der Waals surface area contributed by atoms with Crippen molar-refractivity contribution in [2.75, 3.05) is 40.9 Å². The molecule has 0 aliphatic rings. The van der Waals surface area contributed by atoms with Gasteiger partial charge in [-0.2, -0.15) is 0 Å².